The molecule has 1 aliphatic heterocycles. The number of phenolic OH excluding ortho intramolecular Hbond substituents is 1. The molecule has 1 aliphatic rings. The Kier molecular flexibility index (Phi) is 4.59. The highest BCUT2D eigenvalue weighted by atomic mass is 16.3. The van der Waals surface area contributed by atoms with Crippen LogP contribution in [0.3, 0.4) is 0 Å². The first-order valence-electron chi connectivity index (χ1n) is 9.37. The third kappa shape index (κ3) is 3.53. The lowest BCUT2D eigenvalue weighted by Crippen LogP contribution is -2.17. The van der Waals surface area contributed by atoms with Crippen molar-refractivity contribution in [3.63, 3.8) is 0 Å². The second-order valence-corrected chi connectivity index (χ2v) is 9.35. The molecule has 4 nitrogen and oxygen atoms in total. The first kappa shape index (κ1) is 19.7. The molecule has 28 heavy (non-hydrogen) atoms. The van der Waals surface area contributed by atoms with Crippen LogP contribution in [0.25, 0.3) is 11.6 Å². The lowest BCUT2D eigenvalue weighted by molar-refractivity contribution is -0.110. The van der Waals surface area contributed by atoms with E-state index in [1.165, 1.54) is 0 Å². The zero-order valence-electron chi connectivity index (χ0n) is 17.3. The fourth-order valence-electron chi connectivity index (χ4n) is 3.45. The van der Waals surface area contributed by atoms with Crippen molar-refractivity contribution in [2.45, 2.75) is 52.4 Å². The van der Waals surface area contributed by atoms with E-state index >= 15 is 0 Å². The van der Waals surface area contributed by atoms with Crippen LogP contribution in [-0.4, -0.2) is 11.0 Å². The van der Waals surface area contributed by atoms with Gasteiger partial charge in [-0.15, -0.1) is 0 Å². The topological polar surface area (TPSA) is 73.1 Å². The molecule has 0 aliphatic carbocycles. The molecule has 0 bridgehead atoms. The Morgan fingerprint density at radius 3 is 2.07 bits per heavy atom. The van der Waals surface area contributed by atoms with Gasteiger partial charge in [-0.3, -0.25) is 4.79 Å². The SMILES string of the molecule is CC(C)(C)c1cc(C=C2C(=O)Nc3ccc(C#N)cc32)cc(C(C)(C)C)c1O. The van der Waals surface area contributed by atoms with Crippen molar-refractivity contribution in [2.24, 2.45) is 0 Å². The van der Waals surface area contributed by atoms with Gasteiger partial charge in [0.25, 0.3) is 5.91 Å². The molecule has 0 spiro atoms. The average Bonchev–Trinajstić information content (AvgIpc) is 2.89. The molecule has 0 aromatic heterocycles. The average molecular weight is 374 g/mol. The Balaban J connectivity index is 2.23. The minimum atomic E-state index is -0.248. The number of nitrogens with one attached hydrogen (secondary N) is 1. The summed E-state index contributed by atoms with van der Waals surface area (Å²) < 4.78 is 0. The minimum Gasteiger partial charge on any atom is -0.507 e. The Morgan fingerprint density at radius 1 is 1.00 bits per heavy atom. The van der Waals surface area contributed by atoms with Crippen LogP contribution in [0.15, 0.2) is 30.3 Å². The van der Waals surface area contributed by atoms with E-state index < -0.39 is 0 Å². The molecule has 144 valence electrons. The smallest absolute Gasteiger partial charge is 0.256 e. The molecule has 1 heterocycles. The van der Waals surface area contributed by atoms with Gasteiger partial charge in [-0.25, -0.2) is 0 Å². The van der Waals surface area contributed by atoms with Crippen molar-refractivity contribution in [2.75, 3.05) is 5.32 Å². The summed E-state index contributed by atoms with van der Waals surface area (Å²) in [6.45, 7) is 12.3. The fourth-order valence-corrected chi connectivity index (χ4v) is 3.45. The molecule has 2 N–H and O–H groups in total. The summed E-state index contributed by atoms with van der Waals surface area (Å²) >= 11 is 0. The summed E-state index contributed by atoms with van der Waals surface area (Å²) in [6, 6.07) is 11.2. The Bertz CT molecular complexity index is 1010. The number of carbonyl (C=O) groups is 1. The number of nitriles is 1. The molecule has 0 unspecified atom stereocenters. The molecule has 4 heteroatoms. The van der Waals surface area contributed by atoms with Gasteiger partial charge in [0.2, 0.25) is 0 Å². The number of carbonyl (C=O) groups excluding carboxylic acids is 1. The first-order valence-corrected chi connectivity index (χ1v) is 9.37. The fraction of sp³-hybridized carbons (Fsp3) is 0.333. The van der Waals surface area contributed by atoms with Crippen molar-refractivity contribution in [3.05, 3.63) is 58.1 Å². The van der Waals surface area contributed by atoms with Crippen LogP contribution < -0.4 is 5.32 Å². The van der Waals surface area contributed by atoms with Gasteiger partial charge in [0.1, 0.15) is 5.75 Å². The predicted octanol–water partition coefficient (Wildman–Crippen LogP) is 5.35. The number of nitrogens with zero attached hydrogens (tertiary/aromatic N) is 1. The van der Waals surface area contributed by atoms with Crippen LogP contribution in [0.1, 0.15) is 69.4 Å². The van der Waals surface area contributed by atoms with Gasteiger partial charge < -0.3 is 10.4 Å². The standard InChI is InChI=1S/C24H26N2O2/c1-23(2,3)18-11-15(12-19(21(18)27)24(4,5)6)10-17-16-9-14(13-25)7-8-20(16)26-22(17)28/h7-12,27H,1-6H3,(H,26,28). The number of anilines is 1. The molecular weight excluding hydrogens is 348 g/mol. The first-order chi connectivity index (χ1) is 12.9. The van der Waals surface area contributed by atoms with Gasteiger partial charge in [0.15, 0.2) is 0 Å². The van der Waals surface area contributed by atoms with Crippen LogP contribution in [-0.2, 0) is 15.6 Å². The van der Waals surface area contributed by atoms with E-state index in [4.69, 9.17) is 0 Å². The molecular formula is C24H26N2O2. The van der Waals surface area contributed by atoms with Crippen molar-refractivity contribution in [1.29, 1.82) is 5.26 Å². The number of hydrogen-bond donors (Lipinski definition) is 2. The van der Waals surface area contributed by atoms with Crippen molar-refractivity contribution < 1.29 is 9.90 Å². The van der Waals surface area contributed by atoms with E-state index in [1.54, 1.807) is 18.2 Å². The number of aromatic hydroxyl groups is 1. The van der Waals surface area contributed by atoms with Crippen molar-refractivity contribution >= 4 is 23.2 Å². The second-order valence-electron chi connectivity index (χ2n) is 9.35. The zero-order chi connectivity index (χ0) is 20.9. The number of rotatable bonds is 1. The van der Waals surface area contributed by atoms with Gasteiger partial charge in [-0.05, 0) is 52.8 Å². The third-order valence-electron chi connectivity index (χ3n) is 4.99. The van der Waals surface area contributed by atoms with Gasteiger partial charge in [-0.2, -0.15) is 5.26 Å². The molecule has 0 saturated heterocycles. The number of benzene rings is 2. The molecule has 0 saturated carbocycles. The van der Waals surface area contributed by atoms with E-state index in [-0.39, 0.29) is 16.7 Å². The molecule has 0 atom stereocenters. The van der Waals surface area contributed by atoms with Crippen LogP contribution in [0.2, 0.25) is 0 Å². The van der Waals surface area contributed by atoms with Crippen molar-refractivity contribution in [1.82, 2.24) is 0 Å². The summed E-state index contributed by atoms with van der Waals surface area (Å²) in [7, 11) is 0. The molecule has 0 fully saturated rings. The second kappa shape index (κ2) is 6.53. The van der Waals surface area contributed by atoms with E-state index in [0.29, 0.717) is 22.6 Å². The summed E-state index contributed by atoms with van der Waals surface area (Å²) in [6.07, 6.45) is 1.84. The number of hydrogen-bond acceptors (Lipinski definition) is 3. The maximum absolute atomic E-state index is 12.6. The van der Waals surface area contributed by atoms with Crippen LogP contribution in [0, 0.1) is 11.3 Å². The van der Waals surface area contributed by atoms with Gasteiger partial charge in [0.05, 0.1) is 11.6 Å². The predicted molar refractivity (Wildman–Crippen MR) is 113 cm³/mol. The van der Waals surface area contributed by atoms with Gasteiger partial charge in [-0.1, -0.05) is 41.5 Å². The highest BCUT2D eigenvalue weighted by Crippen LogP contribution is 2.41. The minimum absolute atomic E-state index is 0.187. The largest absolute Gasteiger partial charge is 0.507 e. The van der Waals surface area contributed by atoms with E-state index in [2.05, 4.69) is 52.9 Å². The summed E-state index contributed by atoms with van der Waals surface area (Å²) in [5, 5.41) is 22.9. The monoisotopic (exact) mass is 374 g/mol. The van der Waals surface area contributed by atoms with E-state index in [1.807, 2.05) is 18.2 Å². The van der Waals surface area contributed by atoms with Crippen molar-refractivity contribution in [3.8, 4) is 11.8 Å². The maximum atomic E-state index is 12.6. The summed E-state index contributed by atoms with van der Waals surface area (Å²) in [5.74, 6) is 0.123. The Morgan fingerprint density at radius 2 is 1.57 bits per heavy atom. The normalized spacial score (nSPS) is 15.3. The molecule has 2 aromatic carbocycles. The van der Waals surface area contributed by atoms with E-state index in [9.17, 15) is 15.2 Å². The Labute approximate surface area is 166 Å². The quantitative estimate of drug-likeness (QED) is 0.661. The number of phenols is 1. The lowest BCUT2D eigenvalue weighted by Gasteiger charge is -2.28. The van der Waals surface area contributed by atoms with Gasteiger partial charge in [0, 0.05) is 28.0 Å². The van der Waals surface area contributed by atoms with Crippen LogP contribution >= 0.6 is 0 Å². The highest BCUT2D eigenvalue weighted by molar-refractivity contribution is 6.35. The number of amides is 1. The Hall–Kier alpha value is -3.06. The zero-order valence-corrected chi connectivity index (χ0v) is 17.3. The lowest BCUT2D eigenvalue weighted by atomic mass is 9.78. The third-order valence-corrected chi connectivity index (χ3v) is 4.99. The summed E-state index contributed by atoms with van der Waals surface area (Å²) in [5.41, 5.74) is 4.52. The molecule has 3 rings (SSSR count). The van der Waals surface area contributed by atoms with Gasteiger partial charge >= 0.3 is 0 Å². The van der Waals surface area contributed by atoms with Crippen LogP contribution in [0.4, 0.5) is 5.69 Å². The van der Waals surface area contributed by atoms with E-state index in [0.717, 1.165) is 22.3 Å². The molecule has 0 radical (unpaired) electrons. The summed E-state index contributed by atoms with van der Waals surface area (Å²) in [4.78, 5) is 12.6. The molecule has 2 aromatic rings. The molecule has 1 amide bonds. The maximum Gasteiger partial charge on any atom is 0.256 e. The van der Waals surface area contributed by atoms with Crippen LogP contribution in [0.5, 0.6) is 5.75 Å². The number of fused-ring (bicyclic) bond motifs is 1. The highest BCUT2D eigenvalue weighted by Gasteiger charge is 2.28.